The van der Waals surface area contributed by atoms with Gasteiger partial charge in [0.15, 0.2) is 6.04 Å². The fraction of sp³-hybridized carbons (Fsp3) is 0.222. The molecule has 0 spiro atoms. The van der Waals surface area contributed by atoms with Gasteiger partial charge >= 0.3 is 5.97 Å². The summed E-state index contributed by atoms with van der Waals surface area (Å²) in [5.41, 5.74) is 2.44. The first-order chi connectivity index (χ1) is 17.0. The molecule has 7 nitrogen and oxygen atoms in total. The van der Waals surface area contributed by atoms with E-state index in [-0.39, 0.29) is 18.2 Å². The second kappa shape index (κ2) is 9.46. The molecule has 0 bridgehead atoms. The number of hydrogen-bond acceptors (Lipinski definition) is 5. The van der Waals surface area contributed by atoms with Crippen LogP contribution in [0.3, 0.4) is 0 Å². The van der Waals surface area contributed by atoms with Crippen molar-refractivity contribution in [3.63, 3.8) is 0 Å². The molecule has 1 fully saturated rings. The number of carbonyl (C=O) groups excluding carboxylic acids is 2. The number of nitrogens with zero attached hydrogens (tertiary/aromatic N) is 1. The number of nitrogens with one attached hydrogen (secondary N) is 1. The summed E-state index contributed by atoms with van der Waals surface area (Å²) in [6.45, 7) is 0. The van der Waals surface area contributed by atoms with Gasteiger partial charge in [-0.3, -0.25) is 9.59 Å². The highest BCUT2D eigenvalue weighted by Crippen LogP contribution is 2.41. The van der Waals surface area contributed by atoms with Crippen LogP contribution in [0.4, 0.5) is 0 Å². The van der Waals surface area contributed by atoms with Crippen molar-refractivity contribution in [1.29, 1.82) is 0 Å². The van der Waals surface area contributed by atoms with E-state index >= 15 is 0 Å². The second-order valence-electron chi connectivity index (χ2n) is 8.56. The number of thioether (sulfide) groups is 1. The lowest BCUT2D eigenvalue weighted by atomic mass is 9.91. The van der Waals surface area contributed by atoms with Crippen molar-refractivity contribution in [2.24, 2.45) is 0 Å². The summed E-state index contributed by atoms with van der Waals surface area (Å²) in [5.74, 6) is -0.970. The van der Waals surface area contributed by atoms with E-state index in [4.69, 9.17) is 4.74 Å². The van der Waals surface area contributed by atoms with Gasteiger partial charge < -0.3 is 20.1 Å². The highest BCUT2D eigenvalue weighted by Gasteiger charge is 2.55. The summed E-state index contributed by atoms with van der Waals surface area (Å²) in [6, 6.07) is 19.1. The van der Waals surface area contributed by atoms with Crippen molar-refractivity contribution >= 4 is 40.3 Å². The van der Waals surface area contributed by atoms with Gasteiger partial charge in [-0.25, -0.2) is 4.79 Å². The molecule has 1 saturated heterocycles. The van der Waals surface area contributed by atoms with Crippen LogP contribution < -0.4 is 10.1 Å². The number of ether oxygens (including phenoxy) is 1. The molecule has 0 radical (unpaired) electrons. The molecule has 0 aliphatic carbocycles. The van der Waals surface area contributed by atoms with Crippen molar-refractivity contribution in [2.75, 3.05) is 7.11 Å². The average molecular weight is 489 g/mol. The lowest BCUT2D eigenvalue weighted by Gasteiger charge is -2.51. The zero-order chi connectivity index (χ0) is 24.5. The minimum Gasteiger partial charge on any atom is -0.496 e. The van der Waals surface area contributed by atoms with Crippen molar-refractivity contribution in [3.8, 4) is 5.75 Å². The monoisotopic (exact) mass is 488 g/mol. The maximum Gasteiger partial charge on any atom is 0.330 e. The molecule has 2 aliphatic rings. The highest BCUT2D eigenvalue weighted by molar-refractivity contribution is 8.02. The third kappa shape index (κ3) is 4.25. The molecule has 8 heteroatoms. The number of benzene rings is 3. The molecule has 3 aromatic carbocycles. The Balaban J connectivity index is 1.36. The van der Waals surface area contributed by atoms with Gasteiger partial charge in [-0.2, -0.15) is 0 Å². The number of carbonyl (C=O) groups is 3. The summed E-state index contributed by atoms with van der Waals surface area (Å²) >= 11 is 1.37. The molecule has 2 aliphatic heterocycles. The summed E-state index contributed by atoms with van der Waals surface area (Å²) < 4.78 is 5.47. The van der Waals surface area contributed by atoms with E-state index in [1.165, 1.54) is 16.7 Å². The largest absolute Gasteiger partial charge is 0.496 e. The standard InChI is InChI=1S/C27H24N2O5S/c1-34-21-12-11-17(19-9-5-6-10-20(19)21)14-18-15-35-26-23(25(31)29(26)24(18)27(32)33)28-22(30)13-16-7-3-2-4-8-16/h2-12,15,23-24,26H,13-14H2,1H3,(H,28,30)(H,32,33)/t23-,24?,26-/m1/s1. The van der Waals surface area contributed by atoms with Crippen molar-refractivity contribution in [2.45, 2.75) is 30.3 Å². The summed E-state index contributed by atoms with van der Waals surface area (Å²) in [7, 11) is 1.62. The third-order valence-electron chi connectivity index (χ3n) is 6.41. The Morgan fingerprint density at radius 1 is 1.03 bits per heavy atom. The molecule has 2 amide bonds. The van der Waals surface area contributed by atoms with Crippen LogP contribution in [0, 0.1) is 0 Å². The Labute approximate surface area is 206 Å². The fourth-order valence-electron chi connectivity index (χ4n) is 4.75. The quantitative estimate of drug-likeness (QED) is 0.495. The summed E-state index contributed by atoms with van der Waals surface area (Å²) in [6.07, 6.45) is 0.548. The predicted octanol–water partition coefficient (Wildman–Crippen LogP) is 3.37. The van der Waals surface area contributed by atoms with E-state index in [2.05, 4.69) is 5.32 Å². The Kier molecular flexibility index (Phi) is 6.21. The number of aliphatic carboxylic acids is 1. The number of carboxylic acids is 1. The SMILES string of the molecule is COc1ccc(CC2=CS[C@@H]3[C@H](NC(=O)Cc4ccccc4)C(=O)N3C2C(=O)O)c2ccccc12. The number of rotatable bonds is 7. The molecule has 2 heterocycles. The normalized spacial score (nSPS) is 21.1. The van der Waals surface area contributed by atoms with Crippen molar-refractivity contribution in [1.82, 2.24) is 10.2 Å². The third-order valence-corrected chi connectivity index (χ3v) is 7.63. The molecule has 0 aromatic heterocycles. The van der Waals surface area contributed by atoms with Crippen LogP contribution in [-0.4, -0.2) is 52.4 Å². The maximum atomic E-state index is 13.0. The lowest BCUT2D eigenvalue weighted by molar-refractivity contribution is -0.160. The van der Waals surface area contributed by atoms with Gasteiger partial charge in [-0.05, 0) is 40.0 Å². The highest BCUT2D eigenvalue weighted by atomic mass is 32.2. The van der Waals surface area contributed by atoms with Crippen LogP contribution >= 0.6 is 11.8 Å². The molecule has 35 heavy (non-hydrogen) atoms. The maximum absolute atomic E-state index is 13.0. The first kappa shape index (κ1) is 23.0. The van der Waals surface area contributed by atoms with Gasteiger partial charge in [0.25, 0.3) is 0 Å². The molecule has 5 rings (SSSR count). The van der Waals surface area contributed by atoms with Crippen LogP contribution in [0.15, 0.2) is 77.7 Å². The van der Waals surface area contributed by atoms with E-state index < -0.39 is 23.4 Å². The minimum absolute atomic E-state index is 0.163. The zero-order valence-corrected chi connectivity index (χ0v) is 19.8. The Morgan fingerprint density at radius 3 is 2.46 bits per heavy atom. The number of methoxy groups -OCH3 is 1. The van der Waals surface area contributed by atoms with Gasteiger partial charge in [0.2, 0.25) is 11.8 Å². The molecule has 3 aromatic rings. The zero-order valence-electron chi connectivity index (χ0n) is 19.0. The lowest BCUT2D eigenvalue weighted by Crippen LogP contribution is -2.74. The molecule has 2 N–H and O–H groups in total. The molecule has 178 valence electrons. The topological polar surface area (TPSA) is 95.9 Å². The van der Waals surface area contributed by atoms with Crippen molar-refractivity contribution in [3.05, 3.63) is 88.8 Å². The van der Waals surface area contributed by atoms with Gasteiger partial charge in [0.1, 0.15) is 17.2 Å². The van der Waals surface area contributed by atoms with Crippen LogP contribution in [-0.2, 0) is 27.2 Å². The van der Waals surface area contributed by atoms with Crippen LogP contribution in [0.2, 0.25) is 0 Å². The molecular formula is C27H24N2O5S. The first-order valence-electron chi connectivity index (χ1n) is 11.2. The number of β-lactam (4-membered cyclic amide) rings is 1. The van der Waals surface area contributed by atoms with E-state index in [0.717, 1.165) is 27.6 Å². The van der Waals surface area contributed by atoms with Gasteiger partial charge in [0.05, 0.1) is 13.5 Å². The Bertz CT molecular complexity index is 1340. The van der Waals surface area contributed by atoms with Gasteiger partial charge in [-0.1, -0.05) is 60.7 Å². The summed E-state index contributed by atoms with van der Waals surface area (Å²) in [4.78, 5) is 39.1. The van der Waals surface area contributed by atoms with Crippen molar-refractivity contribution < 1.29 is 24.2 Å². The van der Waals surface area contributed by atoms with Crippen LogP contribution in [0.25, 0.3) is 10.8 Å². The van der Waals surface area contributed by atoms with E-state index in [1.54, 1.807) is 7.11 Å². The molecule has 3 atom stereocenters. The second-order valence-corrected chi connectivity index (χ2v) is 9.55. The Morgan fingerprint density at radius 2 is 1.74 bits per heavy atom. The van der Waals surface area contributed by atoms with Gasteiger partial charge in [-0.15, -0.1) is 11.8 Å². The number of fused-ring (bicyclic) bond motifs is 2. The minimum atomic E-state index is -1.08. The number of hydrogen-bond donors (Lipinski definition) is 2. The molecular weight excluding hydrogens is 464 g/mol. The fourth-order valence-corrected chi connectivity index (χ4v) is 5.97. The first-order valence-corrected chi connectivity index (χ1v) is 12.2. The molecule has 1 unspecified atom stereocenters. The van der Waals surface area contributed by atoms with Crippen LogP contribution in [0.1, 0.15) is 11.1 Å². The van der Waals surface area contributed by atoms with E-state index in [1.807, 2.05) is 72.1 Å². The number of amides is 2. The number of carboxylic acid groups (broad SMARTS) is 1. The van der Waals surface area contributed by atoms with E-state index in [9.17, 15) is 19.5 Å². The van der Waals surface area contributed by atoms with Gasteiger partial charge in [0, 0.05) is 5.39 Å². The average Bonchev–Trinajstić information content (AvgIpc) is 2.87. The van der Waals surface area contributed by atoms with E-state index in [0.29, 0.717) is 12.0 Å². The smallest absolute Gasteiger partial charge is 0.330 e. The predicted molar refractivity (Wildman–Crippen MR) is 134 cm³/mol. The molecule has 0 saturated carbocycles. The Hall–Kier alpha value is -3.78. The summed E-state index contributed by atoms with van der Waals surface area (Å²) in [5, 5.41) is 16.1. The van der Waals surface area contributed by atoms with Crippen LogP contribution in [0.5, 0.6) is 5.75 Å².